The fourth-order valence-electron chi connectivity index (χ4n) is 3.40. The van der Waals surface area contributed by atoms with Gasteiger partial charge in [-0.05, 0) is 60.3 Å². The van der Waals surface area contributed by atoms with Gasteiger partial charge in [0.05, 0.1) is 0 Å². The molecule has 0 aromatic heterocycles. The first-order chi connectivity index (χ1) is 10.4. The monoisotopic (exact) mass is 292 g/mol. The lowest BCUT2D eigenvalue weighted by molar-refractivity contribution is 0.588. The van der Waals surface area contributed by atoms with Crippen molar-refractivity contribution < 1.29 is 0 Å². The van der Waals surface area contributed by atoms with E-state index in [1.54, 1.807) is 0 Å². The Balaban J connectivity index is 2.01. The van der Waals surface area contributed by atoms with Crippen molar-refractivity contribution in [2.24, 2.45) is 5.92 Å². The van der Waals surface area contributed by atoms with Crippen molar-refractivity contribution in [2.45, 2.75) is 58.8 Å². The topological polar surface area (TPSA) is 0 Å². The van der Waals surface area contributed by atoms with E-state index in [1.807, 2.05) is 0 Å². The summed E-state index contributed by atoms with van der Waals surface area (Å²) in [6.07, 6.45) is 2.75. The molecule has 0 heteroatoms. The molecule has 0 N–H and O–H groups in total. The van der Waals surface area contributed by atoms with Crippen molar-refractivity contribution in [1.82, 2.24) is 0 Å². The molecular weight excluding hydrogens is 264 g/mol. The molecule has 3 rings (SSSR count). The van der Waals surface area contributed by atoms with E-state index in [0.717, 1.165) is 5.92 Å². The highest BCUT2D eigenvalue weighted by atomic mass is 14.4. The summed E-state index contributed by atoms with van der Waals surface area (Å²) >= 11 is 0. The van der Waals surface area contributed by atoms with E-state index in [9.17, 15) is 0 Å². The van der Waals surface area contributed by atoms with Crippen LogP contribution in [0.25, 0.3) is 0 Å². The molecule has 116 valence electrons. The van der Waals surface area contributed by atoms with Crippen LogP contribution in [-0.4, -0.2) is 0 Å². The molecule has 0 radical (unpaired) electrons. The van der Waals surface area contributed by atoms with E-state index in [-0.39, 0.29) is 5.41 Å². The summed E-state index contributed by atoms with van der Waals surface area (Å²) in [5.41, 5.74) is 7.47. The maximum absolute atomic E-state index is 2.40. The summed E-state index contributed by atoms with van der Waals surface area (Å²) in [7, 11) is 0. The molecule has 0 bridgehead atoms. The molecule has 0 nitrogen and oxygen atoms in total. The van der Waals surface area contributed by atoms with Gasteiger partial charge < -0.3 is 0 Å². The Labute approximate surface area is 135 Å². The van der Waals surface area contributed by atoms with Gasteiger partial charge in [0.15, 0.2) is 0 Å². The Kier molecular flexibility index (Phi) is 3.89. The second-order valence-electron chi connectivity index (χ2n) is 8.05. The van der Waals surface area contributed by atoms with Crippen LogP contribution in [0.2, 0.25) is 0 Å². The van der Waals surface area contributed by atoms with Crippen LogP contribution >= 0.6 is 0 Å². The zero-order valence-electron chi connectivity index (χ0n) is 14.6. The largest absolute Gasteiger partial charge is 0.0590 e. The fraction of sp³-hybridized carbons (Fsp3) is 0.455. The third-order valence-corrected chi connectivity index (χ3v) is 5.00. The van der Waals surface area contributed by atoms with Crippen molar-refractivity contribution in [2.75, 3.05) is 0 Å². The quantitative estimate of drug-likeness (QED) is 0.637. The summed E-state index contributed by atoms with van der Waals surface area (Å²) in [4.78, 5) is 0. The van der Waals surface area contributed by atoms with E-state index < -0.39 is 0 Å². The predicted molar refractivity (Wildman–Crippen MR) is 95.6 cm³/mol. The molecule has 22 heavy (non-hydrogen) atoms. The van der Waals surface area contributed by atoms with E-state index in [2.05, 4.69) is 77.1 Å². The van der Waals surface area contributed by atoms with Gasteiger partial charge in [-0.25, -0.2) is 0 Å². The Bertz CT molecular complexity index is 651. The van der Waals surface area contributed by atoms with Gasteiger partial charge in [-0.2, -0.15) is 0 Å². The van der Waals surface area contributed by atoms with E-state index in [1.165, 1.54) is 40.7 Å². The van der Waals surface area contributed by atoms with Gasteiger partial charge in [-0.15, -0.1) is 0 Å². The molecule has 1 saturated carbocycles. The van der Waals surface area contributed by atoms with Crippen molar-refractivity contribution in [3.8, 4) is 0 Å². The van der Waals surface area contributed by atoms with Crippen LogP contribution in [0.15, 0.2) is 42.5 Å². The van der Waals surface area contributed by atoms with Crippen molar-refractivity contribution in [3.63, 3.8) is 0 Å². The van der Waals surface area contributed by atoms with E-state index >= 15 is 0 Å². The van der Waals surface area contributed by atoms with Crippen LogP contribution < -0.4 is 0 Å². The second-order valence-corrected chi connectivity index (χ2v) is 8.05. The summed E-state index contributed by atoms with van der Waals surface area (Å²) in [5, 5.41) is 0. The molecule has 0 aliphatic heterocycles. The number of benzene rings is 2. The van der Waals surface area contributed by atoms with Gasteiger partial charge in [-0.1, -0.05) is 68.8 Å². The minimum Gasteiger partial charge on any atom is -0.0590 e. The average molecular weight is 292 g/mol. The van der Waals surface area contributed by atoms with Crippen molar-refractivity contribution in [3.05, 3.63) is 70.3 Å². The number of hydrogen-bond donors (Lipinski definition) is 0. The Morgan fingerprint density at radius 2 is 1.55 bits per heavy atom. The first-order valence-electron chi connectivity index (χ1n) is 8.54. The van der Waals surface area contributed by atoms with Crippen molar-refractivity contribution >= 4 is 0 Å². The zero-order chi connectivity index (χ0) is 15.9. The molecule has 0 amide bonds. The normalized spacial score (nSPS) is 16.6. The maximum Gasteiger partial charge on any atom is 0.0120 e. The molecular formula is C22H28. The number of aryl methyl sites for hydroxylation is 2. The Morgan fingerprint density at radius 1 is 0.909 bits per heavy atom. The van der Waals surface area contributed by atoms with E-state index in [4.69, 9.17) is 0 Å². The van der Waals surface area contributed by atoms with Crippen LogP contribution in [0.3, 0.4) is 0 Å². The zero-order valence-corrected chi connectivity index (χ0v) is 14.6. The Morgan fingerprint density at radius 3 is 2.05 bits per heavy atom. The minimum atomic E-state index is 0.224. The van der Waals surface area contributed by atoms with Gasteiger partial charge in [-0.3, -0.25) is 0 Å². The molecule has 0 spiro atoms. The molecule has 1 unspecified atom stereocenters. The highest BCUT2D eigenvalue weighted by Gasteiger charge is 2.34. The van der Waals surface area contributed by atoms with E-state index in [0.29, 0.717) is 5.92 Å². The standard InChI is InChI=1S/C22H28/c1-15-6-8-17(9-7-15)21(18-10-11-18)20-13-12-19(14-16(20)2)22(3,4)5/h6-9,12-14,18,21H,10-11H2,1-5H3. The smallest absolute Gasteiger partial charge is 0.0120 e. The molecule has 2 aromatic rings. The summed E-state index contributed by atoms with van der Waals surface area (Å²) < 4.78 is 0. The molecule has 1 aliphatic rings. The van der Waals surface area contributed by atoms with Gasteiger partial charge in [0.25, 0.3) is 0 Å². The van der Waals surface area contributed by atoms with Crippen LogP contribution in [-0.2, 0) is 5.41 Å². The molecule has 1 fully saturated rings. The first kappa shape index (κ1) is 15.3. The lowest BCUT2D eigenvalue weighted by Crippen LogP contribution is -2.13. The SMILES string of the molecule is Cc1ccc(C(c2ccc(C(C)(C)C)cc2C)C2CC2)cc1. The molecule has 1 aliphatic carbocycles. The van der Waals surface area contributed by atoms with Gasteiger partial charge in [0.1, 0.15) is 0 Å². The third-order valence-electron chi connectivity index (χ3n) is 5.00. The first-order valence-corrected chi connectivity index (χ1v) is 8.54. The number of rotatable bonds is 3. The maximum atomic E-state index is 2.40. The number of hydrogen-bond acceptors (Lipinski definition) is 0. The van der Waals surface area contributed by atoms with Crippen LogP contribution in [0, 0.1) is 19.8 Å². The Hall–Kier alpha value is -1.56. The van der Waals surface area contributed by atoms with Gasteiger partial charge >= 0.3 is 0 Å². The lowest BCUT2D eigenvalue weighted by Gasteiger charge is -2.24. The molecule has 0 saturated heterocycles. The molecule has 2 aromatic carbocycles. The lowest BCUT2D eigenvalue weighted by atomic mass is 9.80. The van der Waals surface area contributed by atoms with Crippen molar-refractivity contribution in [1.29, 1.82) is 0 Å². The minimum absolute atomic E-state index is 0.224. The molecule has 1 atom stereocenters. The highest BCUT2D eigenvalue weighted by Crippen LogP contribution is 2.47. The third kappa shape index (κ3) is 3.11. The summed E-state index contributed by atoms with van der Waals surface area (Å²) in [6.45, 7) is 11.3. The predicted octanol–water partition coefficient (Wildman–Crippen LogP) is 6.14. The van der Waals surface area contributed by atoms with Gasteiger partial charge in [0, 0.05) is 5.92 Å². The van der Waals surface area contributed by atoms with Gasteiger partial charge in [0.2, 0.25) is 0 Å². The summed E-state index contributed by atoms with van der Waals surface area (Å²) in [5.74, 6) is 1.41. The highest BCUT2D eigenvalue weighted by molar-refractivity contribution is 5.43. The summed E-state index contributed by atoms with van der Waals surface area (Å²) in [6, 6.07) is 16.3. The van der Waals surface area contributed by atoms with Crippen LogP contribution in [0.1, 0.15) is 67.3 Å². The van der Waals surface area contributed by atoms with Crippen LogP contribution in [0.4, 0.5) is 0 Å². The second kappa shape index (κ2) is 5.57. The fourth-order valence-corrected chi connectivity index (χ4v) is 3.40. The van der Waals surface area contributed by atoms with Crippen LogP contribution in [0.5, 0.6) is 0 Å². The average Bonchev–Trinajstić information content (AvgIpc) is 3.26. The molecule has 0 heterocycles.